The number of hydrogen-bond acceptors (Lipinski definition) is 3. The highest BCUT2D eigenvalue weighted by Crippen LogP contribution is 2.30. The van der Waals surface area contributed by atoms with Crippen LogP contribution in [0.4, 0.5) is 5.82 Å². The van der Waals surface area contributed by atoms with E-state index in [1.807, 2.05) is 18.7 Å². The summed E-state index contributed by atoms with van der Waals surface area (Å²) in [5, 5.41) is 4.55. The average Bonchev–Trinajstić information content (AvgIpc) is 2.52. The lowest BCUT2D eigenvalue weighted by atomic mass is 9.98. The molecule has 0 bridgehead atoms. The first kappa shape index (κ1) is 15.0. The molecule has 0 spiro atoms. The standard InChI is InChI=1S/C14H28N4/c1-8-14(4,5)17(6)13-12(9-10(2)15)11(3)16-18(13)7/h10H,8-9,15H2,1-7H3. The van der Waals surface area contributed by atoms with Crippen molar-refractivity contribution in [2.75, 3.05) is 11.9 Å². The zero-order valence-electron chi connectivity index (χ0n) is 12.9. The first-order valence-electron chi connectivity index (χ1n) is 6.72. The van der Waals surface area contributed by atoms with E-state index < -0.39 is 0 Å². The third-order valence-corrected chi connectivity index (χ3v) is 3.93. The van der Waals surface area contributed by atoms with Gasteiger partial charge in [0, 0.05) is 31.2 Å². The topological polar surface area (TPSA) is 47.1 Å². The predicted octanol–water partition coefficient (Wildman–Crippen LogP) is 2.24. The Balaban J connectivity index is 3.22. The molecule has 2 N–H and O–H groups in total. The van der Waals surface area contributed by atoms with Crippen LogP contribution in [-0.2, 0) is 13.5 Å². The molecule has 1 aromatic rings. The van der Waals surface area contributed by atoms with E-state index in [0.717, 1.165) is 18.5 Å². The molecule has 1 rings (SSSR count). The second-order valence-corrected chi connectivity index (χ2v) is 5.92. The third-order valence-electron chi connectivity index (χ3n) is 3.93. The first-order chi connectivity index (χ1) is 8.20. The highest BCUT2D eigenvalue weighted by Gasteiger charge is 2.27. The van der Waals surface area contributed by atoms with Gasteiger partial charge in [0.25, 0.3) is 0 Å². The largest absolute Gasteiger partial charge is 0.355 e. The molecular formula is C14H28N4. The summed E-state index contributed by atoms with van der Waals surface area (Å²) in [6.45, 7) is 10.8. The van der Waals surface area contributed by atoms with Gasteiger partial charge in [0.15, 0.2) is 0 Å². The van der Waals surface area contributed by atoms with Crippen LogP contribution in [0, 0.1) is 6.92 Å². The Bertz CT molecular complexity index is 404. The summed E-state index contributed by atoms with van der Waals surface area (Å²) in [5.74, 6) is 1.19. The Labute approximate surface area is 111 Å². The Kier molecular flexibility index (Phi) is 4.43. The summed E-state index contributed by atoms with van der Waals surface area (Å²) >= 11 is 0. The Morgan fingerprint density at radius 1 is 1.44 bits per heavy atom. The minimum Gasteiger partial charge on any atom is -0.355 e. The van der Waals surface area contributed by atoms with Crippen molar-refractivity contribution >= 4 is 5.82 Å². The predicted molar refractivity (Wildman–Crippen MR) is 78.1 cm³/mol. The lowest BCUT2D eigenvalue weighted by Crippen LogP contribution is -2.42. The molecule has 0 fully saturated rings. The van der Waals surface area contributed by atoms with Gasteiger partial charge in [-0.3, -0.25) is 4.68 Å². The molecule has 1 unspecified atom stereocenters. The molecule has 4 heteroatoms. The van der Waals surface area contributed by atoms with Gasteiger partial charge in [0.1, 0.15) is 5.82 Å². The monoisotopic (exact) mass is 252 g/mol. The Morgan fingerprint density at radius 3 is 2.44 bits per heavy atom. The summed E-state index contributed by atoms with van der Waals surface area (Å²) in [6, 6.07) is 0.157. The van der Waals surface area contributed by atoms with Gasteiger partial charge in [-0.05, 0) is 40.5 Å². The number of rotatable bonds is 5. The van der Waals surface area contributed by atoms with Gasteiger partial charge in [0.05, 0.1) is 5.69 Å². The second-order valence-electron chi connectivity index (χ2n) is 5.92. The van der Waals surface area contributed by atoms with Gasteiger partial charge >= 0.3 is 0 Å². The zero-order valence-corrected chi connectivity index (χ0v) is 12.9. The normalized spacial score (nSPS) is 13.8. The highest BCUT2D eigenvalue weighted by molar-refractivity contribution is 5.51. The second kappa shape index (κ2) is 5.31. The molecule has 0 radical (unpaired) electrons. The van der Waals surface area contributed by atoms with E-state index in [-0.39, 0.29) is 11.6 Å². The van der Waals surface area contributed by atoms with Crippen LogP contribution >= 0.6 is 0 Å². The molecule has 0 aliphatic rings. The number of aromatic nitrogens is 2. The average molecular weight is 252 g/mol. The van der Waals surface area contributed by atoms with E-state index in [1.54, 1.807) is 0 Å². The van der Waals surface area contributed by atoms with Crippen LogP contribution in [0.1, 0.15) is 45.4 Å². The van der Waals surface area contributed by atoms with Crippen molar-refractivity contribution < 1.29 is 0 Å². The molecule has 1 aromatic heterocycles. The van der Waals surface area contributed by atoms with Crippen LogP contribution in [0.2, 0.25) is 0 Å². The Hall–Kier alpha value is -1.03. The van der Waals surface area contributed by atoms with Crippen LogP contribution in [0.25, 0.3) is 0 Å². The number of hydrogen-bond donors (Lipinski definition) is 1. The van der Waals surface area contributed by atoms with Crippen molar-refractivity contribution in [2.45, 2.75) is 59.0 Å². The molecule has 0 aromatic carbocycles. The van der Waals surface area contributed by atoms with Gasteiger partial charge in [-0.1, -0.05) is 6.92 Å². The molecule has 0 aliphatic carbocycles. The van der Waals surface area contributed by atoms with Crippen LogP contribution in [0.5, 0.6) is 0 Å². The summed E-state index contributed by atoms with van der Waals surface area (Å²) < 4.78 is 1.98. The zero-order chi connectivity index (χ0) is 14.1. The van der Waals surface area contributed by atoms with Crippen molar-refractivity contribution in [3.63, 3.8) is 0 Å². The molecule has 0 saturated carbocycles. The summed E-state index contributed by atoms with van der Waals surface area (Å²) in [6.07, 6.45) is 1.96. The van der Waals surface area contributed by atoms with E-state index in [2.05, 4.69) is 44.7 Å². The quantitative estimate of drug-likeness (QED) is 0.874. The number of aryl methyl sites for hydroxylation is 2. The summed E-state index contributed by atoms with van der Waals surface area (Å²) in [4.78, 5) is 2.32. The van der Waals surface area contributed by atoms with E-state index >= 15 is 0 Å². The fourth-order valence-electron chi connectivity index (χ4n) is 2.19. The van der Waals surface area contributed by atoms with Crippen LogP contribution in [-0.4, -0.2) is 28.4 Å². The van der Waals surface area contributed by atoms with Crippen molar-refractivity contribution in [1.82, 2.24) is 9.78 Å². The van der Waals surface area contributed by atoms with Crippen LogP contribution in [0.3, 0.4) is 0 Å². The molecule has 0 saturated heterocycles. The molecule has 1 heterocycles. The molecule has 104 valence electrons. The minimum absolute atomic E-state index is 0.118. The molecule has 0 amide bonds. The molecule has 4 nitrogen and oxygen atoms in total. The van der Waals surface area contributed by atoms with E-state index in [0.29, 0.717) is 0 Å². The molecule has 18 heavy (non-hydrogen) atoms. The van der Waals surface area contributed by atoms with Gasteiger partial charge < -0.3 is 10.6 Å². The maximum Gasteiger partial charge on any atom is 0.130 e. The van der Waals surface area contributed by atoms with Gasteiger partial charge in [-0.15, -0.1) is 0 Å². The van der Waals surface area contributed by atoms with E-state index in [4.69, 9.17) is 5.73 Å². The van der Waals surface area contributed by atoms with E-state index in [1.165, 1.54) is 11.4 Å². The highest BCUT2D eigenvalue weighted by atomic mass is 15.4. The van der Waals surface area contributed by atoms with Crippen molar-refractivity contribution in [3.05, 3.63) is 11.3 Å². The number of nitrogens with zero attached hydrogens (tertiary/aromatic N) is 3. The summed E-state index contributed by atoms with van der Waals surface area (Å²) in [7, 11) is 4.15. The van der Waals surface area contributed by atoms with Crippen LogP contribution in [0.15, 0.2) is 0 Å². The van der Waals surface area contributed by atoms with Crippen LogP contribution < -0.4 is 10.6 Å². The lowest BCUT2D eigenvalue weighted by molar-refractivity contribution is 0.459. The number of nitrogens with two attached hydrogens (primary N) is 1. The molecular weight excluding hydrogens is 224 g/mol. The van der Waals surface area contributed by atoms with Gasteiger partial charge in [-0.2, -0.15) is 5.10 Å². The lowest BCUT2D eigenvalue weighted by Gasteiger charge is -2.37. The number of anilines is 1. The SMILES string of the molecule is CCC(C)(C)N(C)c1c(CC(C)N)c(C)nn1C. The van der Waals surface area contributed by atoms with E-state index in [9.17, 15) is 0 Å². The van der Waals surface area contributed by atoms with Crippen molar-refractivity contribution in [3.8, 4) is 0 Å². The molecule has 0 aliphatic heterocycles. The van der Waals surface area contributed by atoms with Gasteiger partial charge in [-0.25, -0.2) is 0 Å². The Morgan fingerprint density at radius 2 is 2.00 bits per heavy atom. The van der Waals surface area contributed by atoms with Crippen molar-refractivity contribution in [1.29, 1.82) is 0 Å². The fraction of sp³-hybridized carbons (Fsp3) is 0.786. The minimum atomic E-state index is 0.118. The maximum atomic E-state index is 5.96. The van der Waals surface area contributed by atoms with Gasteiger partial charge in [0.2, 0.25) is 0 Å². The smallest absolute Gasteiger partial charge is 0.130 e. The first-order valence-corrected chi connectivity index (χ1v) is 6.72. The summed E-state index contributed by atoms with van der Waals surface area (Å²) in [5.41, 5.74) is 8.44. The maximum absolute atomic E-state index is 5.96. The van der Waals surface area contributed by atoms with Crippen molar-refractivity contribution in [2.24, 2.45) is 12.8 Å². The molecule has 1 atom stereocenters. The third kappa shape index (κ3) is 2.86. The fourth-order valence-corrected chi connectivity index (χ4v) is 2.19.